The van der Waals surface area contributed by atoms with Crippen LogP contribution in [0.1, 0.15) is 6.92 Å². The predicted molar refractivity (Wildman–Crippen MR) is 108 cm³/mol. The maximum Gasteiger partial charge on any atom is 0.310 e. The van der Waals surface area contributed by atoms with Crippen LogP contribution in [0.3, 0.4) is 0 Å². The van der Waals surface area contributed by atoms with Crippen molar-refractivity contribution in [3.05, 3.63) is 58.6 Å². The van der Waals surface area contributed by atoms with Crippen molar-refractivity contribution in [2.24, 2.45) is 0 Å². The van der Waals surface area contributed by atoms with Crippen LogP contribution in [0, 0.1) is 10.1 Å². The number of nitro benzene ring substituents is 1. The Morgan fingerprint density at radius 1 is 1.07 bits per heavy atom. The maximum absolute atomic E-state index is 12.4. The quantitative estimate of drug-likeness (QED) is 0.591. The number of nitrogens with one attached hydrogen (secondary N) is 1. The van der Waals surface area contributed by atoms with Gasteiger partial charge in [-0.2, -0.15) is 0 Å². The summed E-state index contributed by atoms with van der Waals surface area (Å²) in [6.07, 6.45) is 0. The van der Waals surface area contributed by atoms with Crippen LogP contribution < -0.4 is 15.0 Å². The fraction of sp³-hybridized carbons (Fsp3) is 0.300. The van der Waals surface area contributed by atoms with Crippen molar-refractivity contribution in [2.75, 3.05) is 43.0 Å². The lowest BCUT2D eigenvalue weighted by atomic mass is 10.2. The first-order chi connectivity index (χ1) is 14.0. The molecule has 0 unspecified atom stereocenters. The Morgan fingerprint density at radius 2 is 1.72 bits per heavy atom. The monoisotopic (exact) mass is 398 g/mol. The molecule has 0 aromatic heterocycles. The van der Waals surface area contributed by atoms with Gasteiger partial charge in [-0.1, -0.05) is 24.3 Å². The Balaban J connectivity index is 1.63. The molecule has 1 aliphatic rings. The van der Waals surface area contributed by atoms with Gasteiger partial charge in [0.1, 0.15) is 0 Å². The first-order valence-corrected chi connectivity index (χ1v) is 9.21. The third-order valence-electron chi connectivity index (χ3n) is 4.66. The molecule has 2 amide bonds. The van der Waals surface area contributed by atoms with Crippen LogP contribution in [0.2, 0.25) is 0 Å². The van der Waals surface area contributed by atoms with Gasteiger partial charge in [-0.3, -0.25) is 19.7 Å². The highest BCUT2D eigenvalue weighted by molar-refractivity contribution is 5.95. The normalized spacial score (nSPS) is 13.7. The van der Waals surface area contributed by atoms with E-state index in [2.05, 4.69) is 10.2 Å². The van der Waals surface area contributed by atoms with Crippen LogP contribution in [0.4, 0.5) is 17.1 Å². The maximum atomic E-state index is 12.4. The van der Waals surface area contributed by atoms with Crippen LogP contribution in [-0.4, -0.2) is 54.4 Å². The first kappa shape index (κ1) is 20.1. The number of anilines is 2. The van der Waals surface area contributed by atoms with E-state index in [9.17, 15) is 19.7 Å². The molecule has 0 saturated carbocycles. The second kappa shape index (κ2) is 9.05. The SMILES string of the molecule is CC(=O)N1CCN(c2ccccc2NC(=O)COc2ccccc2[N+](=O)[O-])CC1. The molecule has 0 atom stereocenters. The Morgan fingerprint density at radius 3 is 2.41 bits per heavy atom. The molecule has 1 saturated heterocycles. The van der Waals surface area contributed by atoms with Gasteiger partial charge in [0.25, 0.3) is 5.91 Å². The topological polar surface area (TPSA) is 105 Å². The zero-order valence-electron chi connectivity index (χ0n) is 16.0. The number of hydrogen-bond acceptors (Lipinski definition) is 6. The molecule has 0 bridgehead atoms. The fourth-order valence-electron chi connectivity index (χ4n) is 3.18. The van der Waals surface area contributed by atoms with Crippen molar-refractivity contribution in [1.82, 2.24) is 4.90 Å². The summed E-state index contributed by atoms with van der Waals surface area (Å²) in [5.74, 6) is -0.322. The number of para-hydroxylation sites is 4. The number of hydrogen-bond donors (Lipinski definition) is 1. The number of piperazine rings is 1. The lowest BCUT2D eigenvalue weighted by molar-refractivity contribution is -0.385. The molecule has 0 aliphatic carbocycles. The predicted octanol–water partition coefficient (Wildman–Crippen LogP) is 2.28. The second-order valence-electron chi connectivity index (χ2n) is 6.57. The standard InChI is InChI=1S/C20H22N4O5/c1-15(25)22-10-12-23(13-11-22)17-7-3-2-6-16(17)21-20(26)14-29-19-9-5-4-8-18(19)24(27)28/h2-9H,10-14H2,1H3,(H,21,26). The van der Waals surface area contributed by atoms with E-state index in [0.29, 0.717) is 31.9 Å². The molecule has 1 aliphatic heterocycles. The van der Waals surface area contributed by atoms with Crippen LogP contribution in [0.15, 0.2) is 48.5 Å². The van der Waals surface area contributed by atoms with E-state index in [0.717, 1.165) is 5.69 Å². The minimum Gasteiger partial charge on any atom is -0.477 e. The average molecular weight is 398 g/mol. The van der Waals surface area contributed by atoms with Gasteiger partial charge in [0.15, 0.2) is 12.4 Å². The third-order valence-corrected chi connectivity index (χ3v) is 4.66. The number of nitro groups is 1. The summed E-state index contributed by atoms with van der Waals surface area (Å²) in [7, 11) is 0. The Hall–Kier alpha value is -3.62. The fourth-order valence-corrected chi connectivity index (χ4v) is 3.18. The van der Waals surface area contributed by atoms with Crippen LogP contribution >= 0.6 is 0 Å². The van der Waals surface area contributed by atoms with E-state index in [1.165, 1.54) is 18.2 Å². The Kier molecular flexibility index (Phi) is 6.28. The molecule has 29 heavy (non-hydrogen) atoms. The number of ether oxygens (including phenoxy) is 1. The van der Waals surface area contributed by atoms with Crippen LogP contribution in [0.5, 0.6) is 5.75 Å². The number of benzene rings is 2. The van der Waals surface area contributed by atoms with Gasteiger partial charge in [-0.15, -0.1) is 0 Å². The minimum atomic E-state index is -0.552. The molecule has 152 valence electrons. The van der Waals surface area contributed by atoms with Gasteiger partial charge < -0.3 is 19.9 Å². The van der Waals surface area contributed by atoms with Crippen LogP contribution in [0.25, 0.3) is 0 Å². The van der Waals surface area contributed by atoms with Crippen molar-refractivity contribution in [3.63, 3.8) is 0 Å². The van der Waals surface area contributed by atoms with Gasteiger partial charge in [-0.05, 0) is 18.2 Å². The van der Waals surface area contributed by atoms with Gasteiger partial charge in [-0.25, -0.2) is 0 Å². The number of rotatable bonds is 6. The summed E-state index contributed by atoms with van der Waals surface area (Å²) in [6.45, 7) is 3.79. The summed E-state index contributed by atoms with van der Waals surface area (Å²) in [5.41, 5.74) is 1.29. The average Bonchev–Trinajstić information content (AvgIpc) is 2.73. The van der Waals surface area contributed by atoms with Crippen molar-refractivity contribution in [1.29, 1.82) is 0 Å². The molecule has 1 N–H and O–H groups in total. The zero-order chi connectivity index (χ0) is 20.8. The first-order valence-electron chi connectivity index (χ1n) is 9.21. The molecular formula is C20H22N4O5. The highest BCUT2D eigenvalue weighted by Gasteiger charge is 2.21. The van der Waals surface area contributed by atoms with E-state index in [-0.39, 0.29) is 24.0 Å². The lowest BCUT2D eigenvalue weighted by Gasteiger charge is -2.36. The molecule has 2 aromatic rings. The van der Waals surface area contributed by atoms with Crippen molar-refractivity contribution in [2.45, 2.75) is 6.92 Å². The Labute approximate surface area is 168 Å². The number of carbonyl (C=O) groups excluding carboxylic acids is 2. The van der Waals surface area contributed by atoms with E-state index in [4.69, 9.17) is 4.74 Å². The lowest BCUT2D eigenvalue weighted by Crippen LogP contribution is -2.48. The molecule has 9 heteroatoms. The molecule has 3 rings (SSSR count). The van der Waals surface area contributed by atoms with E-state index < -0.39 is 10.8 Å². The molecular weight excluding hydrogens is 376 g/mol. The molecule has 1 heterocycles. The summed E-state index contributed by atoms with van der Waals surface area (Å²) < 4.78 is 5.35. The third kappa shape index (κ3) is 5.01. The number of amides is 2. The molecule has 1 fully saturated rings. The largest absolute Gasteiger partial charge is 0.477 e. The number of carbonyl (C=O) groups is 2. The van der Waals surface area contributed by atoms with Crippen molar-refractivity contribution >= 4 is 28.9 Å². The summed E-state index contributed by atoms with van der Waals surface area (Å²) in [5, 5.41) is 13.8. The molecule has 0 radical (unpaired) electrons. The van der Waals surface area contributed by atoms with Gasteiger partial charge in [0.2, 0.25) is 5.91 Å². The smallest absolute Gasteiger partial charge is 0.310 e. The van der Waals surface area contributed by atoms with Gasteiger partial charge in [0, 0.05) is 39.2 Å². The highest BCUT2D eigenvalue weighted by atomic mass is 16.6. The Bertz CT molecular complexity index is 909. The van der Waals surface area contributed by atoms with E-state index in [1.807, 2.05) is 18.2 Å². The molecule has 9 nitrogen and oxygen atoms in total. The zero-order valence-corrected chi connectivity index (χ0v) is 16.0. The number of nitrogens with zero attached hydrogens (tertiary/aromatic N) is 3. The van der Waals surface area contributed by atoms with Crippen molar-refractivity contribution in [3.8, 4) is 5.75 Å². The molecule has 2 aromatic carbocycles. The highest BCUT2D eigenvalue weighted by Crippen LogP contribution is 2.28. The molecule has 0 spiro atoms. The van der Waals surface area contributed by atoms with Crippen LogP contribution in [-0.2, 0) is 9.59 Å². The van der Waals surface area contributed by atoms with Crippen molar-refractivity contribution < 1.29 is 19.2 Å². The summed E-state index contributed by atoms with van der Waals surface area (Å²) in [4.78, 5) is 38.3. The summed E-state index contributed by atoms with van der Waals surface area (Å²) in [6, 6.07) is 13.3. The minimum absolute atomic E-state index is 0.0429. The van der Waals surface area contributed by atoms with E-state index in [1.54, 1.807) is 24.0 Å². The van der Waals surface area contributed by atoms with E-state index >= 15 is 0 Å². The second-order valence-corrected chi connectivity index (χ2v) is 6.57. The summed E-state index contributed by atoms with van der Waals surface area (Å²) >= 11 is 0. The van der Waals surface area contributed by atoms with Gasteiger partial charge in [0.05, 0.1) is 16.3 Å². The van der Waals surface area contributed by atoms with Gasteiger partial charge >= 0.3 is 5.69 Å².